The van der Waals surface area contributed by atoms with Crippen molar-refractivity contribution in [2.45, 2.75) is 13.3 Å². The van der Waals surface area contributed by atoms with Gasteiger partial charge in [-0.1, -0.05) is 35.9 Å². The van der Waals surface area contributed by atoms with E-state index in [4.69, 9.17) is 11.6 Å². The van der Waals surface area contributed by atoms with Crippen molar-refractivity contribution >= 4 is 39.9 Å². The molecular formula is C19H17ClN2O3S. The maximum absolute atomic E-state index is 12.8. The number of fused-ring (bicyclic) bond motifs is 2. The molecule has 26 heavy (non-hydrogen) atoms. The van der Waals surface area contributed by atoms with E-state index < -0.39 is 17.8 Å². The molecule has 5 nitrogen and oxygen atoms in total. The smallest absolute Gasteiger partial charge is 0.307 e. The topological polar surface area (TPSA) is 79.3 Å². The van der Waals surface area contributed by atoms with Crippen LogP contribution in [0.1, 0.15) is 11.3 Å². The fraction of sp³-hybridized carbons (Fsp3) is 0.316. The first-order valence-electron chi connectivity index (χ1n) is 8.39. The molecular weight excluding hydrogens is 372 g/mol. The van der Waals surface area contributed by atoms with Crippen LogP contribution in [0, 0.1) is 30.6 Å². The molecule has 4 rings (SSSR count). The van der Waals surface area contributed by atoms with Crippen molar-refractivity contribution < 1.29 is 14.7 Å². The standard InChI is InChI=1S/C19H17ClN2O3S/c1-9-16(10-4-6-13(20)7-5-10)21-19(26-9)22-17(23)14-11-2-3-12(8-11)15(14)18(24)25/h2-7,11-12,14-15H,8H2,1H3,(H,24,25)(H,21,22,23)/t11-,12-,14+,15+/m0/s1. The molecule has 1 saturated carbocycles. The molecule has 0 spiro atoms. The SMILES string of the molecule is Cc1sc(NC(=O)[C@H]2[C@H](C(=O)O)[C@H]3C=C[C@H]2C3)nc1-c1ccc(Cl)cc1. The molecule has 4 atom stereocenters. The zero-order valence-corrected chi connectivity index (χ0v) is 15.6. The van der Waals surface area contributed by atoms with Crippen LogP contribution in [0.25, 0.3) is 11.3 Å². The molecule has 1 fully saturated rings. The van der Waals surface area contributed by atoms with Crippen molar-refractivity contribution in [3.63, 3.8) is 0 Å². The van der Waals surface area contributed by atoms with Crippen molar-refractivity contribution in [1.82, 2.24) is 4.98 Å². The third-order valence-electron chi connectivity index (χ3n) is 5.19. The van der Waals surface area contributed by atoms with E-state index in [9.17, 15) is 14.7 Å². The summed E-state index contributed by atoms with van der Waals surface area (Å²) in [6.07, 6.45) is 4.64. The van der Waals surface area contributed by atoms with E-state index in [2.05, 4.69) is 10.3 Å². The molecule has 1 aromatic heterocycles. The Morgan fingerprint density at radius 1 is 1.19 bits per heavy atom. The number of amides is 1. The Morgan fingerprint density at radius 2 is 1.85 bits per heavy atom. The lowest BCUT2D eigenvalue weighted by molar-refractivity contribution is -0.146. The van der Waals surface area contributed by atoms with Crippen LogP contribution in [0.4, 0.5) is 5.13 Å². The largest absolute Gasteiger partial charge is 0.481 e. The quantitative estimate of drug-likeness (QED) is 0.768. The highest BCUT2D eigenvalue weighted by Gasteiger charge is 2.51. The summed E-state index contributed by atoms with van der Waals surface area (Å²) in [5, 5.41) is 13.5. The number of aryl methyl sites for hydroxylation is 1. The second kappa shape index (κ2) is 6.52. The molecule has 2 aliphatic carbocycles. The number of aliphatic carboxylic acids is 1. The van der Waals surface area contributed by atoms with Crippen LogP contribution in [0.5, 0.6) is 0 Å². The number of anilines is 1. The van der Waals surface area contributed by atoms with E-state index in [1.165, 1.54) is 11.3 Å². The number of aromatic nitrogens is 1. The van der Waals surface area contributed by atoms with Gasteiger partial charge >= 0.3 is 5.97 Å². The van der Waals surface area contributed by atoms with E-state index in [-0.39, 0.29) is 17.7 Å². The van der Waals surface area contributed by atoms with Gasteiger partial charge in [0.1, 0.15) is 0 Å². The van der Waals surface area contributed by atoms with Crippen LogP contribution < -0.4 is 5.32 Å². The number of carboxylic acid groups (broad SMARTS) is 1. The van der Waals surface area contributed by atoms with Gasteiger partial charge in [-0.05, 0) is 37.3 Å². The van der Waals surface area contributed by atoms with Gasteiger partial charge < -0.3 is 10.4 Å². The van der Waals surface area contributed by atoms with Gasteiger partial charge in [0, 0.05) is 15.5 Å². The molecule has 2 bridgehead atoms. The van der Waals surface area contributed by atoms with E-state index >= 15 is 0 Å². The highest BCUT2D eigenvalue weighted by Crippen LogP contribution is 2.48. The normalized spacial score (nSPS) is 26.2. The monoisotopic (exact) mass is 388 g/mol. The Bertz CT molecular complexity index is 906. The Labute approximate surface area is 159 Å². The lowest BCUT2D eigenvalue weighted by Crippen LogP contribution is -2.36. The Kier molecular flexibility index (Phi) is 4.32. The third-order valence-corrected chi connectivity index (χ3v) is 6.33. The number of nitrogens with zero attached hydrogens (tertiary/aromatic N) is 1. The number of benzene rings is 1. The summed E-state index contributed by atoms with van der Waals surface area (Å²) in [6.45, 7) is 1.94. The summed E-state index contributed by atoms with van der Waals surface area (Å²) in [4.78, 5) is 29.9. The predicted octanol–water partition coefficient (Wildman–Crippen LogP) is 4.23. The first-order chi connectivity index (χ1) is 12.4. The van der Waals surface area contributed by atoms with Crippen LogP contribution >= 0.6 is 22.9 Å². The Hall–Kier alpha value is -2.18. The lowest BCUT2D eigenvalue weighted by atomic mass is 9.82. The highest BCUT2D eigenvalue weighted by molar-refractivity contribution is 7.16. The van der Waals surface area contributed by atoms with E-state index in [1.54, 1.807) is 12.1 Å². The average molecular weight is 389 g/mol. The van der Waals surface area contributed by atoms with Crippen molar-refractivity contribution in [1.29, 1.82) is 0 Å². The van der Waals surface area contributed by atoms with Crippen molar-refractivity contribution in [2.75, 3.05) is 5.32 Å². The van der Waals surface area contributed by atoms with Crippen LogP contribution in [0.2, 0.25) is 5.02 Å². The first-order valence-corrected chi connectivity index (χ1v) is 9.59. The Balaban J connectivity index is 1.55. The van der Waals surface area contributed by atoms with Crippen molar-refractivity contribution in [3.05, 3.63) is 46.3 Å². The second-order valence-corrected chi connectivity index (χ2v) is 8.40. The number of hydrogen-bond donors (Lipinski definition) is 2. The second-order valence-electron chi connectivity index (χ2n) is 6.76. The molecule has 2 aromatic rings. The predicted molar refractivity (Wildman–Crippen MR) is 101 cm³/mol. The van der Waals surface area contributed by atoms with E-state index in [1.807, 2.05) is 31.2 Å². The fourth-order valence-corrected chi connectivity index (χ4v) is 5.00. The highest BCUT2D eigenvalue weighted by atomic mass is 35.5. The zero-order valence-electron chi connectivity index (χ0n) is 14.0. The minimum Gasteiger partial charge on any atom is -0.481 e. The van der Waals surface area contributed by atoms with Crippen LogP contribution in [-0.2, 0) is 9.59 Å². The molecule has 0 saturated heterocycles. The zero-order chi connectivity index (χ0) is 18.4. The number of allylic oxidation sites excluding steroid dienone is 2. The van der Waals surface area contributed by atoms with E-state index in [0.29, 0.717) is 10.2 Å². The number of hydrogen-bond acceptors (Lipinski definition) is 4. The van der Waals surface area contributed by atoms with Crippen LogP contribution in [0.3, 0.4) is 0 Å². The van der Waals surface area contributed by atoms with Crippen molar-refractivity contribution in [3.8, 4) is 11.3 Å². The molecule has 2 aliphatic rings. The molecule has 0 unspecified atom stereocenters. The maximum atomic E-state index is 12.8. The third kappa shape index (κ3) is 2.93. The van der Waals surface area contributed by atoms with Crippen LogP contribution in [0.15, 0.2) is 36.4 Å². The molecule has 1 aromatic carbocycles. The van der Waals surface area contributed by atoms with Gasteiger partial charge in [0.15, 0.2) is 5.13 Å². The molecule has 0 radical (unpaired) electrons. The number of halogens is 1. The molecule has 7 heteroatoms. The average Bonchev–Trinajstić information content (AvgIpc) is 3.29. The van der Waals surface area contributed by atoms with Gasteiger partial charge in [0.25, 0.3) is 0 Å². The number of carbonyl (C=O) groups excluding carboxylic acids is 1. The summed E-state index contributed by atoms with van der Waals surface area (Å²) in [6, 6.07) is 7.37. The van der Waals surface area contributed by atoms with Gasteiger partial charge in [-0.25, -0.2) is 4.98 Å². The molecule has 134 valence electrons. The van der Waals surface area contributed by atoms with Gasteiger partial charge in [0.2, 0.25) is 5.91 Å². The van der Waals surface area contributed by atoms with E-state index in [0.717, 1.165) is 22.6 Å². The number of carbonyl (C=O) groups is 2. The first kappa shape index (κ1) is 17.2. The van der Waals surface area contributed by atoms with Gasteiger partial charge in [0.05, 0.1) is 17.5 Å². The van der Waals surface area contributed by atoms with Crippen molar-refractivity contribution in [2.24, 2.45) is 23.7 Å². The maximum Gasteiger partial charge on any atom is 0.307 e. The lowest BCUT2D eigenvalue weighted by Gasteiger charge is -2.23. The summed E-state index contributed by atoms with van der Waals surface area (Å²) in [5.74, 6) is -2.40. The van der Waals surface area contributed by atoms with Gasteiger partial charge in [-0.15, -0.1) is 11.3 Å². The minimum atomic E-state index is -0.904. The Morgan fingerprint density at radius 3 is 2.50 bits per heavy atom. The summed E-state index contributed by atoms with van der Waals surface area (Å²) >= 11 is 7.32. The number of rotatable bonds is 4. The van der Waals surface area contributed by atoms with Gasteiger partial charge in [-0.3, -0.25) is 9.59 Å². The molecule has 0 aliphatic heterocycles. The molecule has 1 heterocycles. The summed E-state index contributed by atoms with van der Waals surface area (Å²) < 4.78 is 0. The summed E-state index contributed by atoms with van der Waals surface area (Å²) in [7, 11) is 0. The number of carboxylic acids is 1. The summed E-state index contributed by atoms with van der Waals surface area (Å²) in [5.41, 5.74) is 1.72. The molecule has 1 amide bonds. The van der Waals surface area contributed by atoms with Crippen LogP contribution in [-0.4, -0.2) is 22.0 Å². The number of nitrogens with one attached hydrogen (secondary N) is 1. The fourth-order valence-electron chi connectivity index (χ4n) is 4.03. The number of thiazole rings is 1. The molecule has 2 N–H and O–H groups in total. The minimum absolute atomic E-state index is 0.00195. The van der Waals surface area contributed by atoms with Gasteiger partial charge in [-0.2, -0.15) is 0 Å².